The molecule has 8 heteroatoms. The van der Waals surface area contributed by atoms with Crippen LogP contribution in [0.15, 0.2) is 77.4 Å². The van der Waals surface area contributed by atoms with Crippen molar-refractivity contribution in [3.8, 4) is 22.9 Å². The van der Waals surface area contributed by atoms with E-state index in [1.165, 1.54) is 6.33 Å². The number of nitrogens with zero attached hydrogens (tertiary/aromatic N) is 6. The van der Waals surface area contributed by atoms with E-state index < -0.39 is 0 Å². The van der Waals surface area contributed by atoms with E-state index in [0.29, 0.717) is 17.4 Å². The highest BCUT2D eigenvalue weighted by atomic mass is 16.5. The van der Waals surface area contributed by atoms with Crippen molar-refractivity contribution in [2.45, 2.75) is 25.9 Å². The Hall–Kier alpha value is -4.51. The molecule has 0 spiro atoms. The number of aryl methyl sites for hydroxylation is 2. The number of benzene rings is 2. The molecule has 8 nitrogen and oxygen atoms in total. The summed E-state index contributed by atoms with van der Waals surface area (Å²) in [6.45, 7) is 4.05. The summed E-state index contributed by atoms with van der Waals surface area (Å²) in [6, 6.07) is 13.2. The van der Waals surface area contributed by atoms with Gasteiger partial charge in [-0.25, -0.2) is 15.0 Å². The monoisotopic (exact) mass is 449 g/mol. The van der Waals surface area contributed by atoms with Crippen LogP contribution >= 0.6 is 0 Å². The zero-order valence-corrected chi connectivity index (χ0v) is 19.1. The van der Waals surface area contributed by atoms with Crippen molar-refractivity contribution in [1.29, 1.82) is 5.26 Å². The van der Waals surface area contributed by atoms with Crippen molar-refractivity contribution in [3.63, 3.8) is 0 Å². The lowest BCUT2D eigenvalue weighted by molar-refractivity contribution is 0.363. The van der Waals surface area contributed by atoms with E-state index in [4.69, 9.17) is 20.0 Å². The van der Waals surface area contributed by atoms with E-state index in [-0.39, 0.29) is 12.1 Å². The fraction of sp³-hybridized carbons (Fsp3) is 0.192. The number of guanidine groups is 1. The molecule has 5 rings (SSSR count). The van der Waals surface area contributed by atoms with Crippen LogP contribution in [0.5, 0.6) is 5.75 Å². The molecule has 2 atom stereocenters. The molecule has 34 heavy (non-hydrogen) atoms. The molecule has 2 aliphatic rings. The number of aliphatic imine (C=N–C) groups is 2. The van der Waals surface area contributed by atoms with Crippen LogP contribution in [0.3, 0.4) is 0 Å². The van der Waals surface area contributed by atoms with Gasteiger partial charge in [0.2, 0.25) is 11.9 Å². The number of hydrogen-bond donors (Lipinski definition) is 1. The Morgan fingerprint density at radius 1 is 1.03 bits per heavy atom. The van der Waals surface area contributed by atoms with Gasteiger partial charge in [0.05, 0.1) is 11.6 Å². The average molecular weight is 450 g/mol. The van der Waals surface area contributed by atoms with Gasteiger partial charge in [0.15, 0.2) is 0 Å². The minimum absolute atomic E-state index is 0.111. The molecule has 168 valence electrons. The maximum absolute atomic E-state index is 9.03. The highest BCUT2D eigenvalue weighted by Crippen LogP contribution is 2.32. The highest BCUT2D eigenvalue weighted by molar-refractivity contribution is 6.05. The Morgan fingerprint density at radius 2 is 1.74 bits per heavy atom. The first-order valence-electron chi connectivity index (χ1n) is 10.9. The molecule has 0 saturated heterocycles. The van der Waals surface area contributed by atoms with Crippen molar-refractivity contribution in [3.05, 3.63) is 84.1 Å². The van der Waals surface area contributed by atoms with Gasteiger partial charge < -0.3 is 15.0 Å². The fourth-order valence-corrected chi connectivity index (χ4v) is 4.17. The van der Waals surface area contributed by atoms with Crippen LogP contribution in [0.4, 0.5) is 5.69 Å². The molecule has 3 heterocycles. The summed E-state index contributed by atoms with van der Waals surface area (Å²) in [4.78, 5) is 19.8. The summed E-state index contributed by atoms with van der Waals surface area (Å²) in [5.41, 5.74) is 5.38. The Bertz CT molecular complexity index is 1330. The SMILES string of the molecule is Cc1cc(-c2cncnc2)cc(C)c1OC1=NC(Nc2ccc(C#N)cc2)=NC2C=CN(C)C12. The molecule has 0 saturated carbocycles. The van der Waals surface area contributed by atoms with Gasteiger partial charge in [-0.1, -0.05) is 0 Å². The van der Waals surface area contributed by atoms with Gasteiger partial charge in [-0.3, -0.25) is 0 Å². The number of nitriles is 1. The smallest absolute Gasteiger partial charge is 0.226 e. The van der Waals surface area contributed by atoms with E-state index in [1.54, 1.807) is 24.5 Å². The van der Waals surface area contributed by atoms with Crippen LogP contribution < -0.4 is 10.1 Å². The molecule has 0 amide bonds. The molecule has 0 bridgehead atoms. The van der Waals surface area contributed by atoms with Gasteiger partial charge in [0, 0.05) is 30.7 Å². The Balaban J connectivity index is 1.45. The van der Waals surface area contributed by atoms with Crippen LogP contribution in [0, 0.1) is 25.2 Å². The number of ether oxygens (including phenoxy) is 1. The average Bonchev–Trinajstić information content (AvgIpc) is 3.23. The summed E-state index contributed by atoms with van der Waals surface area (Å²) in [5, 5.41) is 12.3. The number of aromatic nitrogens is 2. The second-order valence-electron chi connectivity index (χ2n) is 8.33. The molecule has 0 fully saturated rings. The fourth-order valence-electron chi connectivity index (χ4n) is 4.17. The van der Waals surface area contributed by atoms with Gasteiger partial charge >= 0.3 is 0 Å². The third-order valence-corrected chi connectivity index (χ3v) is 5.85. The maximum Gasteiger partial charge on any atom is 0.226 e. The van der Waals surface area contributed by atoms with Crippen LogP contribution in [-0.4, -0.2) is 45.9 Å². The van der Waals surface area contributed by atoms with E-state index in [9.17, 15) is 0 Å². The van der Waals surface area contributed by atoms with Crippen LogP contribution in [0.1, 0.15) is 16.7 Å². The quantitative estimate of drug-likeness (QED) is 0.647. The number of anilines is 1. The first-order valence-corrected chi connectivity index (χ1v) is 10.9. The summed E-state index contributed by atoms with van der Waals surface area (Å²) in [6.07, 6.45) is 9.17. The number of likely N-dealkylation sites (N-methyl/N-ethyl adjacent to an activating group) is 1. The predicted molar refractivity (Wildman–Crippen MR) is 132 cm³/mol. The van der Waals surface area contributed by atoms with Crippen LogP contribution in [0.25, 0.3) is 11.1 Å². The summed E-state index contributed by atoms with van der Waals surface area (Å²) >= 11 is 0. The Labute approximate surface area is 198 Å². The molecule has 2 unspecified atom stereocenters. The highest BCUT2D eigenvalue weighted by Gasteiger charge is 2.37. The van der Waals surface area contributed by atoms with Crippen LogP contribution in [0.2, 0.25) is 0 Å². The lowest BCUT2D eigenvalue weighted by atomic mass is 10.0. The normalized spacial score (nSPS) is 18.6. The van der Waals surface area contributed by atoms with Crippen molar-refractivity contribution in [2.75, 3.05) is 12.4 Å². The maximum atomic E-state index is 9.03. The lowest BCUT2D eigenvalue weighted by Crippen LogP contribution is -2.45. The molecule has 1 N–H and O–H groups in total. The molecule has 2 aliphatic heterocycles. The summed E-state index contributed by atoms with van der Waals surface area (Å²) in [7, 11) is 1.99. The molecular weight excluding hydrogens is 426 g/mol. The molecule has 0 radical (unpaired) electrons. The molecule has 1 aromatic heterocycles. The zero-order valence-electron chi connectivity index (χ0n) is 19.1. The van der Waals surface area contributed by atoms with Gasteiger partial charge in [0.25, 0.3) is 0 Å². The molecular formula is C26H23N7O. The van der Waals surface area contributed by atoms with E-state index >= 15 is 0 Å². The van der Waals surface area contributed by atoms with Crippen molar-refractivity contribution in [1.82, 2.24) is 14.9 Å². The first-order chi connectivity index (χ1) is 16.5. The minimum atomic E-state index is -0.118. The summed E-state index contributed by atoms with van der Waals surface area (Å²) in [5.74, 6) is 1.82. The second-order valence-corrected chi connectivity index (χ2v) is 8.33. The number of hydrogen-bond acceptors (Lipinski definition) is 8. The standard InChI is InChI=1S/C26H23N7O/c1-16-10-19(20-13-28-15-29-14-20)11-17(2)24(16)34-25-23-22(8-9-33(23)3)31-26(32-25)30-21-6-4-18(12-27)5-7-21/h4-11,13-15,22-23H,1-3H3,(H,30,31). The van der Waals surface area contributed by atoms with E-state index in [2.05, 4.69) is 38.4 Å². The molecule has 3 aromatic rings. The molecule has 2 aromatic carbocycles. The predicted octanol–water partition coefficient (Wildman–Crippen LogP) is 4.09. The van der Waals surface area contributed by atoms with Gasteiger partial charge in [0.1, 0.15) is 24.2 Å². The van der Waals surface area contributed by atoms with E-state index in [0.717, 1.165) is 33.7 Å². The van der Waals surface area contributed by atoms with Crippen molar-refractivity contribution < 1.29 is 4.74 Å². The minimum Gasteiger partial charge on any atom is -0.440 e. The van der Waals surface area contributed by atoms with E-state index in [1.807, 2.05) is 45.3 Å². The van der Waals surface area contributed by atoms with Crippen molar-refractivity contribution >= 4 is 17.5 Å². The van der Waals surface area contributed by atoms with Crippen LogP contribution in [-0.2, 0) is 0 Å². The second kappa shape index (κ2) is 8.79. The summed E-state index contributed by atoms with van der Waals surface area (Å²) < 4.78 is 6.47. The number of nitrogens with one attached hydrogen (secondary N) is 1. The largest absolute Gasteiger partial charge is 0.440 e. The third-order valence-electron chi connectivity index (χ3n) is 5.85. The Morgan fingerprint density at radius 3 is 2.41 bits per heavy atom. The van der Waals surface area contributed by atoms with Gasteiger partial charge in [-0.05, 0) is 79.2 Å². The Kier molecular flexibility index (Phi) is 5.52. The molecule has 0 aliphatic carbocycles. The third kappa shape index (κ3) is 4.11. The van der Waals surface area contributed by atoms with Gasteiger partial charge in [-0.15, -0.1) is 0 Å². The number of fused-ring (bicyclic) bond motifs is 1. The van der Waals surface area contributed by atoms with Crippen molar-refractivity contribution in [2.24, 2.45) is 9.98 Å². The number of rotatable bonds is 3. The first kappa shape index (κ1) is 21.3. The zero-order chi connectivity index (χ0) is 23.7. The van der Waals surface area contributed by atoms with Gasteiger partial charge in [-0.2, -0.15) is 10.3 Å². The lowest BCUT2D eigenvalue weighted by Gasteiger charge is -2.29. The topological polar surface area (TPSA) is 98.8 Å².